The highest BCUT2D eigenvalue weighted by molar-refractivity contribution is 5.92. The molecule has 0 unspecified atom stereocenters. The molecule has 0 heterocycles. The van der Waals surface area contributed by atoms with Crippen molar-refractivity contribution in [1.29, 1.82) is 0 Å². The van der Waals surface area contributed by atoms with E-state index in [0.717, 1.165) is 7.11 Å². The molecule has 0 aromatic heterocycles. The molecule has 144 valence electrons. The van der Waals surface area contributed by atoms with Crippen LogP contribution in [0.4, 0.5) is 0 Å². The van der Waals surface area contributed by atoms with Crippen LogP contribution in [-0.4, -0.2) is 62.5 Å². The maximum absolute atomic E-state index is 10.9. The molecule has 9 nitrogen and oxygen atoms in total. The highest BCUT2D eigenvalue weighted by Crippen LogP contribution is 2.17. The van der Waals surface area contributed by atoms with Crippen LogP contribution in [0.2, 0.25) is 0 Å². The summed E-state index contributed by atoms with van der Waals surface area (Å²) in [7, 11) is 2.33. The molecule has 0 radical (unpaired) electrons. The van der Waals surface area contributed by atoms with Gasteiger partial charge in [-0.15, -0.1) is 0 Å². The molecule has 0 aliphatic rings. The molecular weight excluding hydrogens is 348 g/mol. The molecule has 9 heteroatoms. The molecule has 0 aliphatic carbocycles. The Balaban J connectivity index is 0. The van der Waals surface area contributed by atoms with Crippen LogP contribution in [0.1, 0.15) is 6.92 Å². The average molecular weight is 370 g/mol. The zero-order chi connectivity index (χ0) is 20.9. The molecule has 0 saturated heterocycles. The summed E-state index contributed by atoms with van der Waals surface area (Å²) < 4.78 is 8.64. The Morgan fingerprint density at radius 1 is 0.808 bits per heavy atom. The fourth-order valence-electron chi connectivity index (χ4n) is 1.48. The number of carbonyl (C=O) groups excluding carboxylic acids is 6. The summed E-state index contributed by atoms with van der Waals surface area (Å²) >= 11 is 0. The summed E-state index contributed by atoms with van der Waals surface area (Å²) in [6, 6.07) is 0. The molecule has 1 N–H and O–H groups in total. The van der Waals surface area contributed by atoms with E-state index >= 15 is 0 Å². The number of esters is 2. The van der Waals surface area contributed by atoms with E-state index in [4.69, 9.17) is 0 Å². The molecule has 0 spiro atoms. The Morgan fingerprint density at radius 3 is 1.46 bits per heavy atom. The molecule has 0 aromatic rings. The largest absolute Gasteiger partial charge is 0.466 e. The first-order chi connectivity index (χ1) is 12.2. The Morgan fingerprint density at radius 2 is 1.15 bits per heavy atom. The van der Waals surface area contributed by atoms with Gasteiger partial charge in [0.05, 0.1) is 25.7 Å². The van der Waals surface area contributed by atoms with Crippen molar-refractivity contribution in [3.05, 3.63) is 24.3 Å². The van der Waals surface area contributed by atoms with E-state index in [1.54, 1.807) is 6.92 Å². The van der Waals surface area contributed by atoms with Gasteiger partial charge in [0, 0.05) is 11.5 Å². The van der Waals surface area contributed by atoms with Crippen molar-refractivity contribution in [1.82, 2.24) is 0 Å². The minimum Gasteiger partial charge on any atom is -0.466 e. The number of hydrogen-bond acceptors (Lipinski definition) is 9. The predicted molar refractivity (Wildman–Crippen MR) is 88.7 cm³/mol. The monoisotopic (exact) mass is 370 g/mol. The molecule has 2 atom stereocenters. The van der Waals surface area contributed by atoms with E-state index in [-0.39, 0.29) is 23.7 Å². The van der Waals surface area contributed by atoms with Crippen molar-refractivity contribution in [2.24, 2.45) is 17.8 Å². The lowest BCUT2D eigenvalue weighted by Crippen LogP contribution is -2.28. The SMILES string of the molecule is C=C(C(=O)OC)[C@H](C)C(C=O)C=O.C=C(C(=O)OC)[C@H](O)C(C=O)C=O. The first kappa shape index (κ1) is 25.3. The van der Waals surface area contributed by atoms with E-state index < -0.39 is 35.8 Å². The van der Waals surface area contributed by atoms with Gasteiger partial charge in [-0.25, -0.2) is 9.59 Å². The normalized spacial score (nSPS) is 11.9. The van der Waals surface area contributed by atoms with Crippen LogP contribution in [0.5, 0.6) is 0 Å². The third-order valence-corrected chi connectivity index (χ3v) is 3.37. The zero-order valence-corrected chi connectivity index (χ0v) is 14.7. The van der Waals surface area contributed by atoms with Gasteiger partial charge < -0.3 is 33.8 Å². The number of ether oxygens (including phenoxy) is 2. The van der Waals surface area contributed by atoms with Crippen LogP contribution in [0.25, 0.3) is 0 Å². The molecular formula is C17H22O9. The van der Waals surface area contributed by atoms with Crippen LogP contribution in [0.3, 0.4) is 0 Å². The zero-order valence-electron chi connectivity index (χ0n) is 14.7. The molecule has 0 saturated carbocycles. The number of carbonyl (C=O) groups is 6. The van der Waals surface area contributed by atoms with Crippen LogP contribution in [0.15, 0.2) is 24.3 Å². The first-order valence-electron chi connectivity index (χ1n) is 7.20. The lowest BCUT2D eigenvalue weighted by Gasteiger charge is -2.13. The van der Waals surface area contributed by atoms with E-state index in [2.05, 4.69) is 22.6 Å². The van der Waals surface area contributed by atoms with Gasteiger partial charge in [-0.2, -0.15) is 0 Å². The minimum absolute atomic E-state index is 0.131. The summed E-state index contributed by atoms with van der Waals surface area (Å²) in [6.07, 6.45) is -0.0442. The summed E-state index contributed by atoms with van der Waals surface area (Å²) in [5, 5.41) is 9.22. The highest BCUT2D eigenvalue weighted by Gasteiger charge is 2.25. The fourth-order valence-corrected chi connectivity index (χ4v) is 1.48. The number of rotatable bonds is 10. The van der Waals surface area contributed by atoms with E-state index in [0.29, 0.717) is 12.6 Å². The second kappa shape index (κ2) is 13.4. The van der Waals surface area contributed by atoms with Gasteiger partial charge in [-0.3, -0.25) is 0 Å². The maximum Gasteiger partial charge on any atom is 0.335 e. The number of methoxy groups -OCH3 is 2. The minimum atomic E-state index is -1.51. The van der Waals surface area contributed by atoms with E-state index in [1.165, 1.54) is 7.11 Å². The summed E-state index contributed by atoms with van der Waals surface area (Å²) in [5.74, 6) is -4.05. The second-order valence-electron chi connectivity index (χ2n) is 4.97. The number of aldehydes is 4. The number of hydrogen-bond donors (Lipinski definition) is 1. The molecule has 0 aromatic carbocycles. The molecule has 0 bridgehead atoms. The van der Waals surface area contributed by atoms with Gasteiger partial charge in [0.15, 0.2) is 0 Å². The quantitative estimate of drug-likeness (QED) is 0.232. The van der Waals surface area contributed by atoms with Crippen molar-refractivity contribution in [3.63, 3.8) is 0 Å². The summed E-state index contributed by atoms with van der Waals surface area (Å²) in [5.41, 5.74) is -0.182. The van der Waals surface area contributed by atoms with Crippen LogP contribution in [-0.2, 0) is 38.2 Å². The van der Waals surface area contributed by atoms with Crippen molar-refractivity contribution < 1.29 is 43.3 Å². The van der Waals surface area contributed by atoms with E-state index in [1.807, 2.05) is 0 Å². The third kappa shape index (κ3) is 7.75. The lowest BCUT2D eigenvalue weighted by atomic mass is 9.90. The number of aliphatic hydroxyl groups is 1. The van der Waals surface area contributed by atoms with Gasteiger partial charge in [0.2, 0.25) is 0 Å². The van der Waals surface area contributed by atoms with Crippen molar-refractivity contribution >= 4 is 37.1 Å². The Kier molecular flexibility index (Phi) is 13.0. The third-order valence-electron chi connectivity index (χ3n) is 3.37. The maximum atomic E-state index is 10.9. The smallest absolute Gasteiger partial charge is 0.335 e. The van der Waals surface area contributed by atoms with E-state index in [9.17, 15) is 33.9 Å². The van der Waals surface area contributed by atoms with Crippen molar-refractivity contribution in [2.45, 2.75) is 13.0 Å². The van der Waals surface area contributed by atoms with Gasteiger partial charge in [0.1, 0.15) is 37.2 Å². The van der Waals surface area contributed by atoms with Crippen LogP contribution >= 0.6 is 0 Å². The average Bonchev–Trinajstić information content (AvgIpc) is 2.67. The number of aliphatic hydroxyl groups excluding tert-OH is 1. The van der Waals surface area contributed by atoms with Gasteiger partial charge in [0.25, 0.3) is 0 Å². The standard InChI is InChI=1S/C9H12O4.C8H10O5/c1-6(8(4-10)5-11)7(2)9(12)13-3;1-5(8(12)13-2)7(11)6(3-9)4-10/h4-6,8H,2H2,1,3H3;3-4,6-7,11H,1H2,2H3/t6-;7-/m00/s1. The van der Waals surface area contributed by atoms with Gasteiger partial charge in [-0.1, -0.05) is 20.1 Å². The molecule has 0 amide bonds. The molecule has 0 aliphatic heterocycles. The fraction of sp³-hybridized carbons (Fsp3) is 0.412. The molecule has 0 rings (SSSR count). The lowest BCUT2D eigenvalue weighted by molar-refractivity contribution is -0.138. The van der Waals surface area contributed by atoms with Crippen molar-refractivity contribution in [2.75, 3.05) is 14.2 Å². The first-order valence-corrected chi connectivity index (χ1v) is 7.20. The predicted octanol–water partition coefficient (Wildman–Crippen LogP) is -0.544. The molecule has 0 fully saturated rings. The Hall–Kier alpha value is -2.94. The highest BCUT2D eigenvalue weighted by atomic mass is 16.5. The van der Waals surface area contributed by atoms with Crippen molar-refractivity contribution in [3.8, 4) is 0 Å². The van der Waals surface area contributed by atoms with Crippen LogP contribution in [0, 0.1) is 17.8 Å². The Labute approximate surface area is 150 Å². The summed E-state index contributed by atoms with van der Waals surface area (Å²) in [6.45, 7) is 8.23. The molecule has 26 heavy (non-hydrogen) atoms. The topological polar surface area (TPSA) is 141 Å². The van der Waals surface area contributed by atoms with Gasteiger partial charge >= 0.3 is 11.9 Å². The van der Waals surface area contributed by atoms with Crippen LogP contribution < -0.4 is 0 Å². The Bertz CT molecular complexity index is 499. The summed E-state index contributed by atoms with van der Waals surface area (Å²) in [4.78, 5) is 62.9. The second-order valence-corrected chi connectivity index (χ2v) is 4.97. The van der Waals surface area contributed by atoms with Gasteiger partial charge in [-0.05, 0) is 0 Å².